The zero-order valence-electron chi connectivity index (χ0n) is 11.5. The van der Waals surface area contributed by atoms with E-state index in [1.165, 1.54) is 41.7 Å². The second-order valence-electron chi connectivity index (χ2n) is 4.63. The number of nitrogens with one attached hydrogen (secondary N) is 1. The van der Waals surface area contributed by atoms with Crippen LogP contribution in [0.2, 0.25) is 0 Å². The fourth-order valence-corrected chi connectivity index (χ4v) is 3.20. The Bertz CT molecular complexity index is 882. The summed E-state index contributed by atoms with van der Waals surface area (Å²) in [6.45, 7) is 0. The van der Waals surface area contributed by atoms with Crippen LogP contribution in [0.25, 0.3) is 11.3 Å². The second-order valence-corrected chi connectivity index (χ2v) is 6.34. The van der Waals surface area contributed by atoms with Gasteiger partial charge in [-0.05, 0) is 46.3 Å². The van der Waals surface area contributed by atoms with Crippen molar-refractivity contribution in [1.82, 2.24) is 4.98 Å². The third-order valence-corrected chi connectivity index (χ3v) is 4.43. The Labute approximate surface area is 143 Å². The molecule has 23 heavy (non-hydrogen) atoms. The fourth-order valence-electron chi connectivity index (χ4n) is 1.95. The van der Waals surface area contributed by atoms with Crippen LogP contribution in [0.15, 0.2) is 52.3 Å². The van der Waals surface area contributed by atoms with Crippen molar-refractivity contribution in [3.05, 3.63) is 69.5 Å². The lowest BCUT2D eigenvalue weighted by molar-refractivity contribution is 0.102. The molecule has 116 valence electrons. The van der Waals surface area contributed by atoms with Crippen LogP contribution in [-0.2, 0) is 0 Å². The van der Waals surface area contributed by atoms with E-state index in [1.807, 2.05) is 0 Å². The maximum Gasteiger partial charge on any atom is 0.258 e. The summed E-state index contributed by atoms with van der Waals surface area (Å²) in [6.07, 6.45) is 0. The van der Waals surface area contributed by atoms with Crippen LogP contribution in [0, 0.1) is 11.6 Å². The molecule has 1 amide bonds. The third-order valence-electron chi connectivity index (χ3n) is 3.02. The molecule has 7 heteroatoms. The van der Waals surface area contributed by atoms with E-state index >= 15 is 0 Å². The van der Waals surface area contributed by atoms with Gasteiger partial charge in [0.2, 0.25) is 0 Å². The van der Waals surface area contributed by atoms with E-state index in [-0.39, 0.29) is 5.82 Å². The van der Waals surface area contributed by atoms with Crippen LogP contribution < -0.4 is 5.32 Å². The van der Waals surface area contributed by atoms with Gasteiger partial charge >= 0.3 is 0 Å². The average Bonchev–Trinajstić information content (AvgIpc) is 2.95. The largest absolute Gasteiger partial charge is 0.298 e. The molecule has 0 radical (unpaired) electrons. The van der Waals surface area contributed by atoms with Crippen LogP contribution >= 0.6 is 27.3 Å². The molecular weight excluding hydrogens is 386 g/mol. The number of benzene rings is 2. The molecule has 0 bridgehead atoms. The molecule has 1 N–H and O–H groups in total. The molecule has 3 aromatic rings. The van der Waals surface area contributed by atoms with Gasteiger partial charge < -0.3 is 0 Å². The number of rotatable bonds is 3. The number of nitrogens with zero attached hydrogens (tertiary/aromatic N) is 1. The number of anilines is 1. The van der Waals surface area contributed by atoms with Gasteiger partial charge in [0.05, 0.1) is 11.3 Å². The predicted molar refractivity (Wildman–Crippen MR) is 89.6 cm³/mol. The van der Waals surface area contributed by atoms with Crippen LogP contribution in [0.3, 0.4) is 0 Å². The van der Waals surface area contributed by atoms with E-state index in [2.05, 4.69) is 26.2 Å². The summed E-state index contributed by atoms with van der Waals surface area (Å²) in [5, 5.41) is 4.75. The summed E-state index contributed by atoms with van der Waals surface area (Å²) < 4.78 is 26.7. The van der Waals surface area contributed by atoms with Crippen molar-refractivity contribution in [2.75, 3.05) is 5.32 Å². The molecule has 3 rings (SSSR count). The van der Waals surface area contributed by atoms with E-state index in [1.54, 1.807) is 17.5 Å². The summed E-state index contributed by atoms with van der Waals surface area (Å²) in [4.78, 5) is 16.5. The van der Waals surface area contributed by atoms with Crippen molar-refractivity contribution in [1.29, 1.82) is 0 Å². The summed E-state index contributed by atoms with van der Waals surface area (Å²) >= 11 is 4.38. The molecule has 0 atom stereocenters. The van der Waals surface area contributed by atoms with Crippen molar-refractivity contribution < 1.29 is 13.6 Å². The molecule has 0 aliphatic rings. The number of carbonyl (C=O) groups is 1. The number of aromatic nitrogens is 1. The highest BCUT2D eigenvalue weighted by atomic mass is 79.9. The van der Waals surface area contributed by atoms with Crippen molar-refractivity contribution in [2.45, 2.75) is 0 Å². The zero-order valence-corrected chi connectivity index (χ0v) is 13.9. The highest BCUT2D eigenvalue weighted by molar-refractivity contribution is 9.10. The first-order valence-electron chi connectivity index (χ1n) is 6.51. The van der Waals surface area contributed by atoms with Crippen molar-refractivity contribution in [3.8, 4) is 11.3 Å². The Morgan fingerprint density at radius 3 is 2.65 bits per heavy atom. The van der Waals surface area contributed by atoms with Gasteiger partial charge in [-0.3, -0.25) is 10.1 Å². The van der Waals surface area contributed by atoms with E-state index < -0.39 is 11.7 Å². The van der Waals surface area contributed by atoms with Crippen molar-refractivity contribution >= 4 is 38.3 Å². The first-order valence-corrected chi connectivity index (χ1v) is 8.18. The number of thiazole rings is 1. The Hall–Kier alpha value is -2.12. The first kappa shape index (κ1) is 15.8. The van der Waals surface area contributed by atoms with E-state index in [9.17, 15) is 13.6 Å². The Morgan fingerprint density at radius 1 is 1.13 bits per heavy atom. The molecule has 1 aromatic heterocycles. The molecule has 0 spiro atoms. The average molecular weight is 395 g/mol. The van der Waals surface area contributed by atoms with Crippen LogP contribution in [0.4, 0.5) is 13.9 Å². The summed E-state index contributed by atoms with van der Waals surface area (Å²) in [7, 11) is 0. The normalized spacial score (nSPS) is 10.6. The minimum atomic E-state index is -0.434. The van der Waals surface area contributed by atoms with E-state index in [0.717, 1.165) is 0 Å². The first-order chi connectivity index (χ1) is 11.0. The van der Waals surface area contributed by atoms with E-state index in [4.69, 9.17) is 0 Å². The predicted octanol–water partition coefficient (Wildman–Crippen LogP) is 5.10. The lowest BCUT2D eigenvalue weighted by Crippen LogP contribution is -2.12. The number of hydrogen-bond donors (Lipinski definition) is 1. The fraction of sp³-hybridized carbons (Fsp3) is 0. The minimum absolute atomic E-state index is 0.300. The zero-order chi connectivity index (χ0) is 16.4. The highest BCUT2D eigenvalue weighted by Crippen LogP contribution is 2.26. The number of carbonyl (C=O) groups excluding carboxylic acids is 1. The standard InChI is InChI=1S/C16H9BrF2N2OS/c17-13-7-11(19)4-5-12(13)15(22)21-16-20-14(8-23-16)9-2-1-3-10(18)6-9/h1-8H,(H,20,21,22). The van der Waals surface area contributed by atoms with Crippen LogP contribution in [-0.4, -0.2) is 10.9 Å². The molecule has 0 aliphatic carbocycles. The Morgan fingerprint density at radius 2 is 1.91 bits per heavy atom. The molecule has 2 aromatic carbocycles. The Kier molecular flexibility index (Phi) is 4.49. The number of amides is 1. The molecule has 0 fully saturated rings. The minimum Gasteiger partial charge on any atom is -0.298 e. The lowest BCUT2D eigenvalue weighted by Gasteiger charge is -2.04. The molecule has 0 saturated carbocycles. The van der Waals surface area contributed by atoms with Gasteiger partial charge in [0, 0.05) is 15.4 Å². The van der Waals surface area contributed by atoms with Crippen molar-refractivity contribution in [3.63, 3.8) is 0 Å². The van der Waals surface area contributed by atoms with Crippen LogP contribution in [0.5, 0.6) is 0 Å². The molecule has 0 aliphatic heterocycles. The van der Waals surface area contributed by atoms with Gasteiger partial charge in [-0.2, -0.15) is 0 Å². The SMILES string of the molecule is O=C(Nc1nc(-c2cccc(F)c2)cs1)c1ccc(F)cc1Br. The maximum absolute atomic E-state index is 13.2. The molecule has 0 unspecified atom stereocenters. The third kappa shape index (κ3) is 3.62. The van der Waals surface area contributed by atoms with E-state index in [0.29, 0.717) is 26.4 Å². The topological polar surface area (TPSA) is 42.0 Å². The quantitative estimate of drug-likeness (QED) is 0.670. The maximum atomic E-state index is 13.2. The summed E-state index contributed by atoms with van der Waals surface area (Å²) in [5.41, 5.74) is 1.50. The van der Waals surface area contributed by atoms with Gasteiger partial charge in [-0.15, -0.1) is 11.3 Å². The van der Waals surface area contributed by atoms with Crippen molar-refractivity contribution in [2.24, 2.45) is 0 Å². The number of hydrogen-bond acceptors (Lipinski definition) is 3. The van der Waals surface area contributed by atoms with Gasteiger partial charge in [0.1, 0.15) is 11.6 Å². The molecule has 0 saturated heterocycles. The summed E-state index contributed by atoms with van der Waals surface area (Å²) in [5.74, 6) is -1.19. The van der Waals surface area contributed by atoms with Gasteiger partial charge in [0.25, 0.3) is 5.91 Å². The van der Waals surface area contributed by atoms with Crippen LogP contribution in [0.1, 0.15) is 10.4 Å². The van der Waals surface area contributed by atoms with Gasteiger partial charge in [-0.1, -0.05) is 12.1 Å². The second kappa shape index (κ2) is 6.55. The molecule has 1 heterocycles. The monoisotopic (exact) mass is 394 g/mol. The highest BCUT2D eigenvalue weighted by Gasteiger charge is 2.13. The number of halogens is 3. The molecule has 3 nitrogen and oxygen atoms in total. The molecular formula is C16H9BrF2N2OS. The smallest absolute Gasteiger partial charge is 0.258 e. The summed E-state index contributed by atoms with van der Waals surface area (Å²) in [6, 6.07) is 9.87. The van der Waals surface area contributed by atoms with Gasteiger partial charge in [-0.25, -0.2) is 13.8 Å². The lowest BCUT2D eigenvalue weighted by atomic mass is 10.2. The Balaban J connectivity index is 1.80. The van der Waals surface area contributed by atoms with Gasteiger partial charge in [0.15, 0.2) is 5.13 Å².